The second-order valence-corrected chi connectivity index (χ2v) is 11.5. The van der Waals surface area contributed by atoms with E-state index in [2.05, 4.69) is 17.4 Å². The van der Waals surface area contributed by atoms with Crippen molar-refractivity contribution in [1.29, 1.82) is 0 Å². The van der Waals surface area contributed by atoms with Gasteiger partial charge in [0, 0.05) is 42.0 Å². The van der Waals surface area contributed by atoms with Crippen LogP contribution in [0.15, 0.2) is 84.9 Å². The Hall–Kier alpha value is -2.76. The average molecular weight is 549 g/mol. The summed E-state index contributed by atoms with van der Waals surface area (Å²) in [6, 6.07) is 27.4. The van der Waals surface area contributed by atoms with Gasteiger partial charge in [-0.15, -0.1) is 0 Å². The molecule has 2 amide bonds. The lowest BCUT2D eigenvalue weighted by molar-refractivity contribution is -0.141. The van der Waals surface area contributed by atoms with Gasteiger partial charge in [-0.1, -0.05) is 110 Å². The third kappa shape index (κ3) is 8.64. The Labute approximate surface area is 236 Å². The van der Waals surface area contributed by atoms with Crippen molar-refractivity contribution in [1.82, 2.24) is 10.2 Å². The highest BCUT2D eigenvalue weighted by Crippen LogP contribution is 2.23. The van der Waals surface area contributed by atoms with Crippen LogP contribution in [0.25, 0.3) is 0 Å². The van der Waals surface area contributed by atoms with Crippen molar-refractivity contribution in [3.8, 4) is 0 Å². The number of thioether (sulfide) groups is 1. The van der Waals surface area contributed by atoms with Crippen LogP contribution in [0.2, 0.25) is 5.02 Å². The Morgan fingerprint density at radius 2 is 1.50 bits per heavy atom. The summed E-state index contributed by atoms with van der Waals surface area (Å²) < 4.78 is 0. The lowest BCUT2D eigenvalue weighted by Gasteiger charge is -2.33. The standard InChI is InChI=1S/C32H37ClN2O2S/c33-29-19-11-10-16-27(29)23-35(31(36)20-21-38-24-26-14-6-2-7-15-26)30(22-25-12-4-1-5-13-25)32(37)34-28-17-8-3-9-18-28/h1-2,4-7,10-16,19,28,30H,3,8-9,17-18,20-24H2,(H,34,37). The number of halogens is 1. The maximum atomic E-state index is 13.8. The van der Waals surface area contributed by atoms with Crippen LogP contribution in [-0.2, 0) is 28.3 Å². The van der Waals surface area contributed by atoms with E-state index in [0.717, 1.165) is 42.6 Å². The van der Waals surface area contributed by atoms with Crippen molar-refractivity contribution in [3.63, 3.8) is 0 Å². The lowest BCUT2D eigenvalue weighted by atomic mass is 9.94. The Morgan fingerprint density at radius 1 is 0.868 bits per heavy atom. The number of carbonyl (C=O) groups is 2. The molecule has 0 heterocycles. The normalized spacial score (nSPS) is 14.6. The molecule has 1 N–H and O–H groups in total. The van der Waals surface area contributed by atoms with Crippen molar-refractivity contribution < 1.29 is 9.59 Å². The molecule has 1 atom stereocenters. The molecule has 1 aliphatic carbocycles. The first-order chi connectivity index (χ1) is 18.6. The highest BCUT2D eigenvalue weighted by atomic mass is 35.5. The number of hydrogen-bond acceptors (Lipinski definition) is 3. The van der Waals surface area contributed by atoms with Crippen molar-refractivity contribution in [2.45, 2.75) is 69.3 Å². The zero-order valence-electron chi connectivity index (χ0n) is 21.9. The Kier molecular flexibility index (Phi) is 11.1. The molecule has 0 aliphatic heterocycles. The van der Waals surface area contributed by atoms with Gasteiger partial charge in [-0.05, 0) is 35.6 Å². The van der Waals surface area contributed by atoms with Crippen molar-refractivity contribution in [3.05, 3.63) is 107 Å². The molecule has 3 aromatic carbocycles. The molecule has 0 aromatic heterocycles. The average Bonchev–Trinajstić information content (AvgIpc) is 2.95. The zero-order valence-corrected chi connectivity index (χ0v) is 23.4. The van der Waals surface area contributed by atoms with Gasteiger partial charge in [0.1, 0.15) is 6.04 Å². The third-order valence-corrected chi connectivity index (χ3v) is 8.49. The second-order valence-electron chi connectivity index (χ2n) is 9.95. The molecule has 3 aromatic rings. The van der Waals surface area contributed by atoms with Gasteiger partial charge >= 0.3 is 0 Å². The zero-order chi connectivity index (χ0) is 26.6. The van der Waals surface area contributed by atoms with Crippen molar-refractivity contribution >= 4 is 35.2 Å². The molecule has 4 rings (SSSR count). The first-order valence-corrected chi connectivity index (χ1v) is 15.1. The van der Waals surface area contributed by atoms with Crippen LogP contribution in [0.1, 0.15) is 55.2 Å². The quantitative estimate of drug-likeness (QED) is 0.247. The maximum absolute atomic E-state index is 13.8. The fourth-order valence-electron chi connectivity index (χ4n) is 4.98. The topological polar surface area (TPSA) is 49.4 Å². The van der Waals surface area contributed by atoms with Crippen LogP contribution in [0.3, 0.4) is 0 Å². The van der Waals surface area contributed by atoms with E-state index >= 15 is 0 Å². The van der Waals surface area contributed by atoms with Crippen LogP contribution in [-0.4, -0.2) is 34.6 Å². The number of hydrogen-bond donors (Lipinski definition) is 1. The first kappa shape index (κ1) is 28.3. The van der Waals surface area contributed by atoms with Gasteiger partial charge in [-0.3, -0.25) is 9.59 Å². The number of nitrogens with one attached hydrogen (secondary N) is 1. The number of benzene rings is 3. The summed E-state index contributed by atoms with van der Waals surface area (Å²) in [6.07, 6.45) is 6.31. The minimum absolute atomic E-state index is 0.0230. The van der Waals surface area contributed by atoms with Gasteiger partial charge in [-0.2, -0.15) is 11.8 Å². The van der Waals surface area contributed by atoms with Gasteiger partial charge in [-0.25, -0.2) is 0 Å². The molecule has 1 fully saturated rings. The number of amides is 2. The molecule has 6 heteroatoms. The second kappa shape index (κ2) is 15.0. The molecule has 200 valence electrons. The van der Waals surface area contributed by atoms with Crippen molar-refractivity contribution in [2.75, 3.05) is 5.75 Å². The molecule has 0 radical (unpaired) electrons. The van der Waals surface area contributed by atoms with E-state index in [0.29, 0.717) is 30.2 Å². The summed E-state index contributed by atoms with van der Waals surface area (Å²) >= 11 is 8.27. The minimum Gasteiger partial charge on any atom is -0.352 e. The Morgan fingerprint density at radius 3 is 2.18 bits per heavy atom. The van der Waals surface area contributed by atoms with Gasteiger partial charge < -0.3 is 10.2 Å². The predicted molar refractivity (Wildman–Crippen MR) is 158 cm³/mol. The van der Waals surface area contributed by atoms with Gasteiger partial charge in [0.2, 0.25) is 11.8 Å². The van der Waals surface area contributed by atoms with Crippen LogP contribution >= 0.6 is 23.4 Å². The molecule has 4 nitrogen and oxygen atoms in total. The van der Waals surface area contributed by atoms with E-state index in [1.807, 2.05) is 72.8 Å². The largest absolute Gasteiger partial charge is 0.352 e. The molecule has 1 saturated carbocycles. The van der Waals surface area contributed by atoms with E-state index in [4.69, 9.17) is 11.6 Å². The summed E-state index contributed by atoms with van der Waals surface area (Å²) in [7, 11) is 0. The van der Waals surface area contributed by atoms with Crippen LogP contribution in [0.4, 0.5) is 0 Å². The number of rotatable bonds is 12. The Balaban J connectivity index is 1.53. The maximum Gasteiger partial charge on any atom is 0.243 e. The van der Waals surface area contributed by atoms with E-state index in [9.17, 15) is 9.59 Å². The van der Waals surface area contributed by atoms with E-state index in [-0.39, 0.29) is 17.9 Å². The van der Waals surface area contributed by atoms with Crippen LogP contribution < -0.4 is 5.32 Å². The number of nitrogens with zero attached hydrogens (tertiary/aromatic N) is 1. The van der Waals surface area contributed by atoms with Crippen molar-refractivity contribution in [2.24, 2.45) is 0 Å². The predicted octanol–water partition coefficient (Wildman–Crippen LogP) is 7.05. The molecule has 0 saturated heterocycles. The summed E-state index contributed by atoms with van der Waals surface area (Å²) in [5.74, 6) is 1.45. The Bertz CT molecular complexity index is 1150. The molecule has 1 unspecified atom stereocenters. The summed E-state index contributed by atoms with van der Waals surface area (Å²) in [5, 5.41) is 3.90. The van der Waals surface area contributed by atoms with E-state index < -0.39 is 6.04 Å². The van der Waals surface area contributed by atoms with Gasteiger partial charge in [0.25, 0.3) is 0 Å². The lowest BCUT2D eigenvalue weighted by Crippen LogP contribution is -2.53. The van der Waals surface area contributed by atoms with Crippen LogP contribution in [0, 0.1) is 0 Å². The summed E-state index contributed by atoms with van der Waals surface area (Å²) in [6.45, 7) is 0.303. The smallest absolute Gasteiger partial charge is 0.243 e. The minimum atomic E-state index is -0.609. The molecular formula is C32H37ClN2O2S. The van der Waals surface area contributed by atoms with E-state index in [1.165, 1.54) is 12.0 Å². The molecule has 1 aliphatic rings. The third-order valence-electron chi connectivity index (χ3n) is 7.09. The highest BCUT2D eigenvalue weighted by molar-refractivity contribution is 7.98. The fraction of sp³-hybridized carbons (Fsp3) is 0.375. The summed E-state index contributed by atoms with van der Waals surface area (Å²) in [4.78, 5) is 29.4. The monoisotopic (exact) mass is 548 g/mol. The van der Waals surface area contributed by atoms with E-state index in [1.54, 1.807) is 16.7 Å². The number of carbonyl (C=O) groups excluding carboxylic acids is 2. The molecule has 0 bridgehead atoms. The SMILES string of the molecule is O=C(NC1CCCCC1)C(Cc1ccccc1)N(Cc1ccccc1Cl)C(=O)CCSCc1ccccc1. The molecule has 0 spiro atoms. The summed E-state index contributed by atoms with van der Waals surface area (Å²) in [5.41, 5.74) is 3.13. The van der Waals surface area contributed by atoms with Crippen LogP contribution in [0.5, 0.6) is 0 Å². The first-order valence-electron chi connectivity index (χ1n) is 13.6. The van der Waals surface area contributed by atoms with Gasteiger partial charge in [0.05, 0.1) is 0 Å². The molecular weight excluding hydrogens is 512 g/mol. The highest BCUT2D eigenvalue weighted by Gasteiger charge is 2.32. The fourth-order valence-corrected chi connectivity index (χ4v) is 6.06. The molecule has 38 heavy (non-hydrogen) atoms. The van der Waals surface area contributed by atoms with Gasteiger partial charge in [0.15, 0.2) is 0 Å².